The van der Waals surface area contributed by atoms with Gasteiger partial charge in [0, 0.05) is 6.42 Å². The lowest BCUT2D eigenvalue weighted by atomic mass is 10.0. The van der Waals surface area contributed by atoms with Crippen LogP contribution in [0.25, 0.3) is 0 Å². The Bertz CT molecular complexity index is 1450. The summed E-state index contributed by atoms with van der Waals surface area (Å²) in [5.41, 5.74) is 0. The van der Waals surface area contributed by atoms with E-state index in [2.05, 4.69) is 79.9 Å². The van der Waals surface area contributed by atoms with Crippen molar-refractivity contribution in [2.75, 3.05) is 40.9 Å². The number of rotatable bonds is 58. The van der Waals surface area contributed by atoms with E-state index in [4.69, 9.17) is 9.05 Å². The number of aliphatic hydroxyl groups excluding tert-OH is 1. The summed E-state index contributed by atoms with van der Waals surface area (Å²) < 4.78 is 23.4. The van der Waals surface area contributed by atoms with Crippen molar-refractivity contribution in [1.82, 2.24) is 5.32 Å². The number of amides is 1. The van der Waals surface area contributed by atoms with Crippen molar-refractivity contribution in [2.24, 2.45) is 0 Å². The number of hydrogen-bond acceptors (Lipinski definition) is 6. The highest BCUT2D eigenvalue weighted by atomic mass is 31.2. The molecule has 0 spiro atoms. The first-order chi connectivity index (χ1) is 36.5. The third-order valence-corrected chi connectivity index (χ3v) is 15.1. The van der Waals surface area contributed by atoms with Crippen LogP contribution in [0.5, 0.6) is 0 Å². The molecule has 1 amide bonds. The molecule has 2 N–H and O–H groups in total. The van der Waals surface area contributed by atoms with Gasteiger partial charge in [-0.25, -0.2) is 0 Å². The van der Waals surface area contributed by atoms with Gasteiger partial charge in [0.1, 0.15) is 13.2 Å². The van der Waals surface area contributed by atoms with E-state index in [0.717, 1.165) is 70.6 Å². The summed E-state index contributed by atoms with van der Waals surface area (Å²) in [6.45, 7) is 4.63. The Morgan fingerprint density at radius 1 is 0.467 bits per heavy atom. The van der Waals surface area contributed by atoms with Gasteiger partial charge in [0.15, 0.2) is 0 Å². The molecule has 438 valence electrons. The number of nitrogens with one attached hydrogen (secondary N) is 1. The highest BCUT2D eigenvalue weighted by Crippen LogP contribution is 2.38. The standard InChI is InChI=1S/C66H123N2O6P/c1-6-8-10-12-14-16-18-20-22-24-26-28-30-31-32-33-34-35-36-38-39-41-43-45-47-49-51-53-55-57-59-65(69)64(63-74-75(71,72)73-62-61-68(3,4)5)67-66(70)60-58-56-54-52-50-48-46-44-42-40-37-29-27-25-23-21-19-17-15-13-11-9-7-2/h19,21,25,27,37,40-41,43,49,51,57,59,64-65,69H,6-18,20,22-24,26,28-36,38-39,42,44-48,50,52-56,58,60-63H2,1-5H3,(H-,67,70,71,72)/b21-19-,27-25-,40-37-,43-41+,51-49+,59-57+. The second-order valence-electron chi connectivity index (χ2n) is 22.7. The van der Waals surface area contributed by atoms with Crippen LogP contribution in [0.3, 0.4) is 0 Å². The molecule has 75 heavy (non-hydrogen) atoms. The molecule has 0 aliphatic carbocycles. The van der Waals surface area contributed by atoms with E-state index in [1.807, 2.05) is 27.2 Å². The number of phosphoric acid groups is 1. The number of quaternary nitrogens is 1. The number of unbranched alkanes of at least 4 members (excludes halogenated alkanes) is 35. The molecule has 0 radical (unpaired) electrons. The van der Waals surface area contributed by atoms with Crippen LogP contribution in [0.2, 0.25) is 0 Å². The number of phosphoric ester groups is 1. The Morgan fingerprint density at radius 3 is 1.17 bits per heavy atom. The quantitative estimate of drug-likeness (QED) is 0.0272. The van der Waals surface area contributed by atoms with Crippen LogP contribution in [0.15, 0.2) is 72.9 Å². The number of likely N-dealkylation sites (N-methyl/N-ethyl adjacent to an activating group) is 1. The molecule has 0 aliphatic rings. The topological polar surface area (TPSA) is 108 Å². The van der Waals surface area contributed by atoms with Crippen molar-refractivity contribution in [3.05, 3.63) is 72.9 Å². The fourth-order valence-electron chi connectivity index (χ4n) is 9.14. The van der Waals surface area contributed by atoms with Crippen LogP contribution >= 0.6 is 7.82 Å². The van der Waals surface area contributed by atoms with Crippen LogP contribution in [-0.2, 0) is 18.4 Å². The summed E-state index contributed by atoms with van der Waals surface area (Å²) in [5, 5.41) is 13.9. The van der Waals surface area contributed by atoms with E-state index in [1.165, 1.54) is 199 Å². The lowest BCUT2D eigenvalue weighted by molar-refractivity contribution is -0.870. The monoisotopic (exact) mass is 1070 g/mol. The molecule has 0 saturated heterocycles. The predicted molar refractivity (Wildman–Crippen MR) is 325 cm³/mol. The molecule has 0 aromatic rings. The second-order valence-corrected chi connectivity index (χ2v) is 24.2. The molecule has 0 fully saturated rings. The van der Waals surface area contributed by atoms with Gasteiger partial charge in [0.25, 0.3) is 7.82 Å². The second kappa shape index (κ2) is 56.7. The number of aliphatic hydroxyl groups is 1. The van der Waals surface area contributed by atoms with Gasteiger partial charge in [-0.05, 0) is 83.5 Å². The van der Waals surface area contributed by atoms with Crippen molar-refractivity contribution in [3.63, 3.8) is 0 Å². The minimum absolute atomic E-state index is 0.0133. The minimum atomic E-state index is -4.62. The third kappa shape index (κ3) is 59.4. The summed E-state index contributed by atoms with van der Waals surface area (Å²) in [5.74, 6) is -0.218. The fraction of sp³-hybridized carbons (Fsp3) is 0.803. The zero-order chi connectivity index (χ0) is 54.9. The van der Waals surface area contributed by atoms with Gasteiger partial charge >= 0.3 is 0 Å². The summed E-state index contributed by atoms with van der Waals surface area (Å²) in [4.78, 5) is 25.5. The van der Waals surface area contributed by atoms with Gasteiger partial charge < -0.3 is 28.8 Å². The van der Waals surface area contributed by atoms with E-state index in [-0.39, 0.29) is 12.5 Å². The number of carbonyl (C=O) groups excluding carboxylic acids is 1. The largest absolute Gasteiger partial charge is 0.756 e. The Morgan fingerprint density at radius 2 is 0.787 bits per heavy atom. The van der Waals surface area contributed by atoms with E-state index in [0.29, 0.717) is 17.4 Å². The molecular weight excluding hydrogens is 948 g/mol. The van der Waals surface area contributed by atoms with Gasteiger partial charge in [0.05, 0.1) is 39.9 Å². The van der Waals surface area contributed by atoms with Crippen LogP contribution in [0.4, 0.5) is 0 Å². The highest BCUT2D eigenvalue weighted by molar-refractivity contribution is 7.45. The van der Waals surface area contributed by atoms with Crippen molar-refractivity contribution >= 4 is 13.7 Å². The molecule has 9 heteroatoms. The number of allylic oxidation sites excluding steroid dienone is 11. The average Bonchev–Trinajstić information content (AvgIpc) is 3.37. The third-order valence-electron chi connectivity index (χ3n) is 14.1. The summed E-state index contributed by atoms with van der Waals surface area (Å²) in [7, 11) is 1.23. The van der Waals surface area contributed by atoms with Gasteiger partial charge in [0.2, 0.25) is 5.91 Å². The molecular formula is C66H123N2O6P. The van der Waals surface area contributed by atoms with Gasteiger partial charge in [-0.3, -0.25) is 9.36 Å². The van der Waals surface area contributed by atoms with E-state index in [9.17, 15) is 19.4 Å². The average molecular weight is 1070 g/mol. The molecule has 0 saturated carbocycles. The molecule has 0 aromatic heterocycles. The Hall–Kier alpha value is -2.06. The molecule has 0 bridgehead atoms. The van der Waals surface area contributed by atoms with Crippen molar-refractivity contribution < 1.29 is 32.9 Å². The van der Waals surface area contributed by atoms with Crippen LogP contribution in [-0.4, -0.2) is 68.5 Å². The zero-order valence-corrected chi connectivity index (χ0v) is 50.9. The lowest BCUT2D eigenvalue weighted by Gasteiger charge is -2.29. The molecule has 0 aromatic carbocycles. The molecule has 0 aliphatic heterocycles. The number of carbonyl (C=O) groups is 1. The maximum Gasteiger partial charge on any atom is 0.268 e. The van der Waals surface area contributed by atoms with Gasteiger partial charge in [-0.15, -0.1) is 0 Å². The van der Waals surface area contributed by atoms with E-state index in [1.54, 1.807) is 6.08 Å². The van der Waals surface area contributed by atoms with Crippen molar-refractivity contribution in [1.29, 1.82) is 0 Å². The predicted octanol–water partition coefficient (Wildman–Crippen LogP) is 19.2. The van der Waals surface area contributed by atoms with Crippen molar-refractivity contribution in [3.8, 4) is 0 Å². The maximum absolute atomic E-state index is 13.0. The zero-order valence-electron chi connectivity index (χ0n) is 50.0. The van der Waals surface area contributed by atoms with Crippen LogP contribution < -0.4 is 10.2 Å². The Labute approximate surface area is 465 Å². The van der Waals surface area contributed by atoms with Gasteiger partial charge in [-0.1, -0.05) is 273 Å². The molecule has 8 nitrogen and oxygen atoms in total. The first-order valence-electron chi connectivity index (χ1n) is 31.8. The van der Waals surface area contributed by atoms with Crippen LogP contribution in [0.1, 0.15) is 290 Å². The first kappa shape index (κ1) is 72.9. The molecule has 0 rings (SSSR count). The molecule has 3 unspecified atom stereocenters. The van der Waals surface area contributed by atoms with Crippen molar-refractivity contribution in [2.45, 2.75) is 302 Å². The van der Waals surface area contributed by atoms with Gasteiger partial charge in [-0.2, -0.15) is 0 Å². The molecule has 0 heterocycles. The SMILES string of the molecule is CCCCCCC/C=C\C/C=C\C/C=C\CCCCCCCCCCC(=O)NC(COP(=O)([O-])OCC[N+](C)(C)C)C(O)/C=C/CC/C=C/CC/C=C/CCCCCCCCCCCCCCCCCCCCCC. The first-order valence-corrected chi connectivity index (χ1v) is 33.3. The summed E-state index contributed by atoms with van der Waals surface area (Å²) >= 11 is 0. The number of hydrogen-bond donors (Lipinski definition) is 2. The minimum Gasteiger partial charge on any atom is -0.756 e. The molecule has 3 atom stereocenters. The Kier molecular flexibility index (Phi) is 55.1. The van der Waals surface area contributed by atoms with E-state index >= 15 is 0 Å². The highest BCUT2D eigenvalue weighted by Gasteiger charge is 2.23. The smallest absolute Gasteiger partial charge is 0.268 e. The Balaban J connectivity index is 4.23. The maximum atomic E-state index is 13.0. The fourth-order valence-corrected chi connectivity index (χ4v) is 9.86. The van der Waals surface area contributed by atoms with Crippen LogP contribution in [0, 0.1) is 0 Å². The summed E-state index contributed by atoms with van der Waals surface area (Å²) in [6.07, 6.45) is 78.6. The normalized spacial score (nSPS) is 14.3. The summed E-state index contributed by atoms with van der Waals surface area (Å²) in [6, 6.07) is -0.919. The lowest BCUT2D eigenvalue weighted by Crippen LogP contribution is -2.45. The van der Waals surface area contributed by atoms with E-state index < -0.39 is 26.6 Å². The number of nitrogens with zero attached hydrogens (tertiary/aromatic N) is 1.